The van der Waals surface area contributed by atoms with Crippen molar-refractivity contribution in [1.29, 1.82) is 0 Å². The molecule has 0 fully saturated rings. The van der Waals surface area contributed by atoms with E-state index < -0.39 is 5.97 Å². The lowest BCUT2D eigenvalue weighted by atomic mass is 10.1. The van der Waals surface area contributed by atoms with Crippen LogP contribution in [0.5, 0.6) is 11.5 Å². The molecule has 3 rings (SSSR count). The van der Waals surface area contributed by atoms with E-state index in [1.165, 1.54) is 0 Å². The Balaban J connectivity index is 1.45. The number of rotatable bonds is 6. The van der Waals surface area contributed by atoms with E-state index in [1.807, 2.05) is 36.4 Å². The Hall–Kier alpha value is -2.85. The number of esters is 2. The smallest absolute Gasteiger partial charge is 0.311 e. The van der Waals surface area contributed by atoms with Gasteiger partial charge in [0.2, 0.25) is 0 Å². The predicted molar refractivity (Wildman–Crippen MR) is 101 cm³/mol. The molecule has 0 aliphatic heterocycles. The van der Waals surface area contributed by atoms with Crippen molar-refractivity contribution in [1.82, 2.24) is 0 Å². The first-order valence-electron chi connectivity index (χ1n) is 8.26. The van der Waals surface area contributed by atoms with Gasteiger partial charge in [-0.25, -0.2) is 0 Å². The van der Waals surface area contributed by atoms with Crippen LogP contribution in [0.15, 0.2) is 66.7 Å². The third kappa shape index (κ3) is 5.07. The molecular weight excluding hydrogens is 352 g/mol. The molecule has 0 bridgehead atoms. The van der Waals surface area contributed by atoms with Crippen LogP contribution in [0.1, 0.15) is 19.3 Å². The minimum absolute atomic E-state index is 0.124. The van der Waals surface area contributed by atoms with Crippen LogP contribution in [0.4, 0.5) is 0 Å². The molecule has 0 amide bonds. The van der Waals surface area contributed by atoms with E-state index in [2.05, 4.69) is 0 Å². The summed E-state index contributed by atoms with van der Waals surface area (Å²) in [5, 5.41) is 2.58. The van der Waals surface area contributed by atoms with Gasteiger partial charge in [0.05, 0.1) is 0 Å². The maximum Gasteiger partial charge on any atom is 0.311 e. The molecule has 0 aliphatic rings. The number of benzene rings is 3. The van der Waals surface area contributed by atoms with Crippen LogP contribution in [-0.2, 0) is 9.59 Å². The van der Waals surface area contributed by atoms with Gasteiger partial charge in [-0.05, 0) is 47.5 Å². The van der Waals surface area contributed by atoms with Gasteiger partial charge in [0.25, 0.3) is 0 Å². The maximum absolute atomic E-state index is 11.9. The minimum atomic E-state index is -0.411. The number of carbonyl (C=O) groups excluding carboxylic acids is 2. The van der Waals surface area contributed by atoms with Crippen LogP contribution in [0.3, 0.4) is 0 Å². The van der Waals surface area contributed by atoms with Gasteiger partial charge in [0.15, 0.2) is 0 Å². The highest BCUT2D eigenvalue weighted by atomic mass is 35.5. The van der Waals surface area contributed by atoms with E-state index in [-0.39, 0.29) is 18.8 Å². The largest absolute Gasteiger partial charge is 0.427 e. The number of carbonyl (C=O) groups is 2. The summed E-state index contributed by atoms with van der Waals surface area (Å²) in [5.74, 6) is 0.0954. The fraction of sp³-hybridized carbons (Fsp3) is 0.143. The SMILES string of the molecule is O=C(CCCC(=O)Oc1ccc2ccccc2c1)Oc1cccc(Cl)c1. The number of hydrogen-bond donors (Lipinski definition) is 0. The van der Waals surface area contributed by atoms with Crippen molar-refractivity contribution in [3.63, 3.8) is 0 Å². The van der Waals surface area contributed by atoms with E-state index in [1.54, 1.807) is 30.3 Å². The van der Waals surface area contributed by atoms with Gasteiger partial charge in [-0.15, -0.1) is 0 Å². The molecule has 0 heterocycles. The zero-order valence-corrected chi connectivity index (χ0v) is 14.7. The molecule has 3 aromatic carbocycles. The first kappa shape index (κ1) is 18.0. The summed E-state index contributed by atoms with van der Waals surface area (Å²) < 4.78 is 10.5. The lowest BCUT2D eigenvalue weighted by Gasteiger charge is -2.06. The molecule has 26 heavy (non-hydrogen) atoms. The second kappa shape index (κ2) is 8.50. The fourth-order valence-electron chi connectivity index (χ4n) is 2.50. The molecule has 0 atom stereocenters. The molecule has 4 nitrogen and oxygen atoms in total. The van der Waals surface area contributed by atoms with Crippen LogP contribution in [0.25, 0.3) is 10.8 Å². The summed E-state index contributed by atoms with van der Waals surface area (Å²) in [4.78, 5) is 23.7. The summed E-state index contributed by atoms with van der Waals surface area (Å²) >= 11 is 5.84. The van der Waals surface area contributed by atoms with Crippen molar-refractivity contribution in [3.8, 4) is 11.5 Å². The van der Waals surface area contributed by atoms with Crippen molar-refractivity contribution in [2.24, 2.45) is 0 Å². The van der Waals surface area contributed by atoms with E-state index >= 15 is 0 Å². The summed E-state index contributed by atoms with van der Waals surface area (Å²) in [7, 11) is 0. The van der Waals surface area contributed by atoms with Crippen molar-refractivity contribution >= 4 is 34.3 Å². The molecule has 0 unspecified atom stereocenters. The maximum atomic E-state index is 11.9. The summed E-state index contributed by atoms with van der Waals surface area (Å²) in [5.41, 5.74) is 0. The van der Waals surface area contributed by atoms with Gasteiger partial charge >= 0.3 is 11.9 Å². The highest BCUT2D eigenvalue weighted by Crippen LogP contribution is 2.21. The Morgan fingerprint density at radius 2 is 1.38 bits per heavy atom. The first-order chi connectivity index (χ1) is 12.6. The van der Waals surface area contributed by atoms with Gasteiger partial charge in [-0.2, -0.15) is 0 Å². The normalized spacial score (nSPS) is 10.5. The highest BCUT2D eigenvalue weighted by molar-refractivity contribution is 6.30. The monoisotopic (exact) mass is 368 g/mol. The van der Waals surface area contributed by atoms with Crippen molar-refractivity contribution in [3.05, 3.63) is 71.8 Å². The molecule has 0 radical (unpaired) electrons. The molecule has 0 aliphatic carbocycles. The topological polar surface area (TPSA) is 52.6 Å². The third-order valence-corrected chi connectivity index (χ3v) is 3.98. The molecule has 0 saturated heterocycles. The Morgan fingerprint density at radius 3 is 2.08 bits per heavy atom. The third-order valence-electron chi connectivity index (χ3n) is 3.74. The fourth-order valence-corrected chi connectivity index (χ4v) is 2.68. The van der Waals surface area contributed by atoms with Gasteiger partial charge in [0, 0.05) is 17.9 Å². The van der Waals surface area contributed by atoms with Gasteiger partial charge in [-0.1, -0.05) is 48.0 Å². The van der Waals surface area contributed by atoms with E-state index in [4.69, 9.17) is 21.1 Å². The van der Waals surface area contributed by atoms with E-state index in [0.717, 1.165) is 10.8 Å². The van der Waals surface area contributed by atoms with E-state index in [0.29, 0.717) is 22.9 Å². The second-order valence-corrected chi connectivity index (χ2v) is 6.20. The number of ether oxygens (including phenoxy) is 2. The van der Waals surface area contributed by atoms with Gasteiger partial charge < -0.3 is 9.47 Å². The lowest BCUT2D eigenvalue weighted by Crippen LogP contribution is -2.11. The Morgan fingerprint density at radius 1 is 0.731 bits per heavy atom. The zero-order valence-electron chi connectivity index (χ0n) is 14.0. The molecule has 0 aromatic heterocycles. The van der Waals surface area contributed by atoms with Crippen LogP contribution >= 0.6 is 11.6 Å². The average molecular weight is 369 g/mol. The molecule has 5 heteroatoms. The van der Waals surface area contributed by atoms with Crippen LogP contribution in [-0.4, -0.2) is 11.9 Å². The van der Waals surface area contributed by atoms with Gasteiger partial charge in [-0.3, -0.25) is 9.59 Å². The minimum Gasteiger partial charge on any atom is -0.427 e. The average Bonchev–Trinajstić information content (AvgIpc) is 2.61. The molecule has 0 saturated carbocycles. The zero-order chi connectivity index (χ0) is 18.4. The van der Waals surface area contributed by atoms with Crippen LogP contribution in [0, 0.1) is 0 Å². The number of halogens is 1. The predicted octanol–water partition coefficient (Wildman–Crippen LogP) is 5.17. The molecular formula is C21H17ClO4. The second-order valence-electron chi connectivity index (χ2n) is 5.77. The van der Waals surface area contributed by atoms with Crippen molar-refractivity contribution in [2.45, 2.75) is 19.3 Å². The quantitative estimate of drug-likeness (QED) is 0.444. The highest BCUT2D eigenvalue weighted by Gasteiger charge is 2.10. The molecule has 0 N–H and O–H groups in total. The molecule has 3 aromatic rings. The summed E-state index contributed by atoms with van der Waals surface area (Å²) in [6.45, 7) is 0. The van der Waals surface area contributed by atoms with Gasteiger partial charge in [0.1, 0.15) is 11.5 Å². The Kier molecular flexibility index (Phi) is 5.87. The molecule has 0 spiro atoms. The number of fused-ring (bicyclic) bond motifs is 1. The van der Waals surface area contributed by atoms with Crippen molar-refractivity contribution in [2.75, 3.05) is 0 Å². The Bertz CT molecular complexity index is 936. The standard InChI is InChI=1S/C21H17ClO4/c22-17-7-3-8-18(14-17)25-20(23)9-4-10-21(24)26-19-12-11-15-5-1-2-6-16(15)13-19/h1-3,5-8,11-14H,4,9-10H2. The molecule has 132 valence electrons. The van der Waals surface area contributed by atoms with Crippen molar-refractivity contribution < 1.29 is 19.1 Å². The summed E-state index contributed by atoms with van der Waals surface area (Å²) in [6.07, 6.45) is 0.614. The van der Waals surface area contributed by atoms with Crippen LogP contribution < -0.4 is 9.47 Å². The van der Waals surface area contributed by atoms with Crippen LogP contribution in [0.2, 0.25) is 5.02 Å². The van der Waals surface area contributed by atoms with E-state index in [9.17, 15) is 9.59 Å². The lowest BCUT2D eigenvalue weighted by molar-refractivity contribution is -0.136. The first-order valence-corrected chi connectivity index (χ1v) is 8.64. The number of hydrogen-bond acceptors (Lipinski definition) is 4. The summed E-state index contributed by atoms with van der Waals surface area (Å²) in [6, 6.07) is 19.9. The Labute approximate surface area is 156 Å².